The van der Waals surface area contributed by atoms with Crippen molar-refractivity contribution in [2.45, 2.75) is 18.9 Å². The number of carbonyl (C=O) groups is 2. The molecule has 1 fully saturated rings. The van der Waals surface area contributed by atoms with Gasteiger partial charge in [0.1, 0.15) is 23.7 Å². The molecular formula is C23H22N8O2S. The van der Waals surface area contributed by atoms with E-state index in [4.69, 9.17) is 10.8 Å². The number of amides is 2. The van der Waals surface area contributed by atoms with Gasteiger partial charge in [-0.15, -0.1) is 11.3 Å². The number of piperidine rings is 1. The van der Waals surface area contributed by atoms with Crippen molar-refractivity contribution in [3.8, 4) is 11.3 Å². The van der Waals surface area contributed by atoms with Gasteiger partial charge in [-0.2, -0.15) is 5.10 Å². The summed E-state index contributed by atoms with van der Waals surface area (Å²) in [5.74, 6) is 0.434. The van der Waals surface area contributed by atoms with Crippen LogP contribution in [-0.2, 0) is 4.79 Å². The maximum atomic E-state index is 12.7. The minimum atomic E-state index is -0.256. The Labute approximate surface area is 199 Å². The largest absolute Gasteiger partial charge is 0.383 e. The molecule has 5 rings (SSSR count). The summed E-state index contributed by atoms with van der Waals surface area (Å²) in [7, 11) is 0. The predicted molar refractivity (Wildman–Crippen MR) is 130 cm³/mol. The van der Waals surface area contributed by atoms with Crippen LogP contribution in [0.3, 0.4) is 0 Å². The van der Waals surface area contributed by atoms with E-state index >= 15 is 0 Å². The fourth-order valence-electron chi connectivity index (χ4n) is 4.13. The molecule has 2 amide bonds. The molecule has 0 radical (unpaired) electrons. The van der Waals surface area contributed by atoms with Gasteiger partial charge in [0.25, 0.3) is 5.91 Å². The van der Waals surface area contributed by atoms with Crippen LogP contribution in [0.1, 0.15) is 28.6 Å². The van der Waals surface area contributed by atoms with Crippen LogP contribution in [-0.4, -0.2) is 54.5 Å². The van der Waals surface area contributed by atoms with E-state index < -0.39 is 0 Å². The Hall–Kier alpha value is -4.12. The second-order valence-corrected chi connectivity index (χ2v) is 8.82. The lowest BCUT2D eigenvalue weighted by Crippen LogP contribution is -2.40. The molecule has 4 aromatic rings. The standard InChI is InChI=1S/C23H22N8O2S/c1-2-18(32)30-9-5-6-15(11-30)31-22-19(21(24)26-13-27-22)20(29-31)14-10-16(34-12-14)23(33)28-17-7-3-4-8-25-17/h2-4,7-8,10,12-13,15H,1,5-6,9,11H2,(H2,24,26,27)(H,25,28,33). The van der Waals surface area contributed by atoms with Crippen LogP contribution in [0, 0.1) is 0 Å². The van der Waals surface area contributed by atoms with Gasteiger partial charge in [0, 0.05) is 30.2 Å². The summed E-state index contributed by atoms with van der Waals surface area (Å²) in [5.41, 5.74) is 8.19. The molecule has 4 aromatic heterocycles. The zero-order chi connectivity index (χ0) is 23.7. The van der Waals surface area contributed by atoms with E-state index in [1.54, 1.807) is 35.4 Å². The van der Waals surface area contributed by atoms with Crippen LogP contribution in [0.5, 0.6) is 0 Å². The Bertz CT molecular complexity index is 1380. The van der Waals surface area contributed by atoms with Gasteiger partial charge in [-0.1, -0.05) is 12.6 Å². The molecule has 1 atom stereocenters. The second-order valence-electron chi connectivity index (χ2n) is 7.90. The minimum absolute atomic E-state index is 0.0613. The fourth-order valence-corrected chi connectivity index (χ4v) is 4.92. The number of pyridine rings is 1. The first kappa shape index (κ1) is 21.7. The highest BCUT2D eigenvalue weighted by Crippen LogP contribution is 2.35. The fraction of sp³-hybridized carbons (Fsp3) is 0.217. The van der Waals surface area contributed by atoms with Gasteiger partial charge in [0.2, 0.25) is 5.91 Å². The Balaban J connectivity index is 1.50. The first-order chi connectivity index (χ1) is 16.5. The smallest absolute Gasteiger partial charge is 0.266 e. The van der Waals surface area contributed by atoms with Crippen LogP contribution >= 0.6 is 11.3 Å². The normalized spacial score (nSPS) is 15.9. The van der Waals surface area contributed by atoms with Crippen molar-refractivity contribution < 1.29 is 9.59 Å². The third-order valence-electron chi connectivity index (χ3n) is 5.75. The molecule has 1 saturated heterocycles. The van der Waals surface area contributed by atoms with Crippen molar-refractivity contribution >= 4 is 45.8 Å². The summed E-state index contributed by atoms with van der Waals surface area (Å²) >= 11 is 1.30. The number of hydrogen-bond acceptors (Lipinski definition) is 8. The molecule has 0 bridgehead atoms. The molecule has 5 heterocycles. The number of thiophene rings is 1. The maximum Gasteiger partial charge on any atom is 0.266 e. The molecule has 34 heavy (non-hydrogen) atoms. The van der Waals surface area contributed by atoms with E-state index in [-0.39, 0.29) is 17.9 Å². The highest BCUT2D eigenvalue weighted by Gasteiger charge is 2.28. The monoisotopic (exact) mass is 474 g/mol. The van der Waals surface area contributed by atoms with Crippen molar-refractivity contribution in [2.24, 2.45) is 0 Å². The number of nitrogen functional groups attached to an aromatic ring is 1. The van der Waals surface area contributed by atoms with Crippen LogP contribution in [0.25, 0.3) is 22.3 Å². The average Bonchev–Trinajstić information content (AvgIpc) is 3.50. The number of fused-ring (bicyclic) bond motifs is 1. The molecule has 0 spiro atoms. The summed E-state index contributed by atoms with van der Waals surface area (Å²) in [4.78, 5) is 39.9. The van der Waals surface area contributed by atoms with Crippen LogP contribution in [0.15, 0.2) is 54.8 Å². The van der Waals surface area contributed by atoms with E-state index in [0.717, 1.165) is 18.4 Å². The average molecular weight is 475 g/mol. The number of anilines is 2. The Kier molecular flexibility index (Phi) is 5.76. The topological polar surface area (TPSA) is 132 Å². The molecule has 172 valence electrons. The first-order valence-corrected chi connectivity index (χ1v) is 11.6. The lowest BCUT2D eigenvalue weighted by Gasteiger charge is -2.32. The summed E-state index contributed by atoms with van der Waals surface area (Å²) in [6.45, 7) is 4.79. The van der Waals surface area contributed by atoms with Gasteiger partial charge >= 0.3 is 0 Å². The first-order valence-electron chi connectivity index (χ1n) is 10.8. The summed E-state index contributed by atoms with van der Waals surface area (Å²) in [6.07, 6.45) is 6.05. The third-order valence-corrected chi connectivity index (χ3v) is 6.68. The van der Waals surface area contributed by atoms with E-state index in [0.29, 0.717) is 46.3 Å². The number of hydrogen-bond donors (Lipinski definition) is 2. The highest BCUT2D eigenvalue weighted by molar-refractivity contribution is 7.12. The van der Waals surface area contributed by atoms with Gasteiger partial charge in [0.15, 0.2) is 5.65 Å². The van der Waals surface area contributed by atoms with E-state index in [9.17, 15) is 9.59 Å². The van der Waals surface area contributed by atoms with Crippen molar-refractivity contribution in [2.75, 3.05) is 24.1 Å². The van der Waals surface area contributed by atoms with Gasteiger partial charge in [-0.25, -0.2) is 19.6 Å². The molecule has 0 aromatic carbocycles. The number of carbonyl (C=O) groups excluding carboxylic acids is 2. The molecule has 11 heteroatoms. The molecule has 10 nitrogen and oxygen atoms in total. The Morgan fingerprint density at radius 3 is 2.94 bits per heavy atom. The molecule has 3 N–H and O–H groups in total. The number of nitrogens with one attached hydrogen (secondary N) is 1. The number of nitrogens with two attached hydrogens (primary N) is 1. The van der Waals surface area contributed by atoms with E-state index in [1.165, 1.54) is 23.7 Å². The summed E-state index contributed by atoms with van der Waals surface area (Å²) < 4.78 is 1.83. The van der Waals surface area contributed by atoms with Crippen molar-refractivity contribution in [3.05, 3.63) is 59.7 Å². The lowest BCUT2D eigenvalue weighted by atomic mass is 10.1. The van der Waals surface area contributed by atoms with Crippen LogP contribution in [0.4, 0.5) is 11.6 Å². The van der Waals surface area contributed by atoms with Crippen LogP contribution in [0.2, 0.25) is 0 Å². The highest BCUT2D eigenvalue weighted by atomic mass is 32.1. The predicted octanol–water partition coefficient (Wildman–Crippen LogP) is 3.13. The lowest BCUT2D eigenvalue weighted by molar-refractivity contribution is -0.127. The molecule has 0 saturated carbocycles. The Morgan fingerprint density at radius 2 is 2.15 bits per heavy atom. The SMILES string of the molecule is C=CC(=O)N1CCCC(n2nc(-c3csc(C(=O)Nc4ccccn4)c3)c3c(N)ncnc32)C1. The molecule has 1 unspecified atom stereocenters. The zero-order valence-corrected chi connectivity index (χ0v) is 19.0. The van der Waals surface area contributed by atoms with E-state index in [1.807, 2.05) is 10.1 Å². The van der Waals surface area contributed by atoms with Crippen molar-refractivity contribution in [3.63, 3.8) is 0 Å². The third kappa shape index (κ3) is 4.01. The van der Waals surface area contributed by atoms with Crippen LogP contribution < -0.4 is 11.1 Å². The second kappa shape index (κ2) is 9.02. The van der Waals surface area contributed by atoms with Gasteiger partial charge < -0.3 is 16.0 Å². The van der Waals surface area contributed by atoms with Crippen molar-refractivity contribution in [1.29, 1.82) is 0 Å². The zero-order valence-electron chi connectivity index (χ0n) is 18.2. The Morgan fingerprint density at radius 1 is 1.26 bits per heavy atom. The van der Waals surface area contributed by atoms with E-state index in [2.05, 4.69) is 26.8 Å². The van der Waals surface area contributed by atoms with Crippen molar-refractivity contribution in [1.82, 2.24) is 29.6 Å². The van der Waals surface area contributed by atoms with Gasteiger partial charge in [-0.05, 0) is 37.1 Å². The molecule has 1 aliphatic heterocycles. The minimum Gasteiger partial charge on any atom is -0.383 e. The number of likely N-dealkylation sites (tertiary alicyclic amines) is 1. The summed E-state index contributed by atoms with van der Waals surface area (Å²) in [5, 5.41) is 10.1. The molecule has 1 aliphatic rings. The maximum absolute atomic E-state index is 12.7. The number of aromatic nitrogens is 5. The molecular weight excluding hydrogens is 452 g/mol. The van der Waals surface area contributed by atoms with Gasteiger partial charge in [-0.3, -0.25) is 9.59 Å². The number of rotatable bonds is 5. The number of nitrogens with zero attached hydrogens (tertiary/aromatic N) is 6. The summed E-state index contributed by atoms with van der Waals surface area (Å²) in [6, 6.07) is 7.03. The molecule has 0 aliphatic carbocycles. The quantitative estimate of drug-likeness (QED) is 0.425. The van der Waals surface area contributed by atoms with Gasteiger partial charge in [0.05, 0.1) is 16.3 Å².